The van der Waals surface area contributed by atoms with Crippen LogP contribution in [0.25, 0.3) is 16.9 Å². The zero-order valence-corrected chi connectivity index (χ0v) is 12.7. The van der Waals surface area contributed by atoms with E-state index in [0.29, 0.717) is 13.2 Å². The van der Waals surface area contributed by atoms with Crippen LogP contribution in [0.3, 0.4) is 0 Å². The highest BCUT2D eigenvalue weighted by atomic mass is 127. The Morgan fingerprint density at radius 1 is 1.00 bits per heavy atom. The molecule has 4 nitrogen and oxygen atoms in total. The van der Waals surface area contributed by atoms with Crippen molar-refractivity contribution in [1.29, 1.82) is 0 Å². The molecule has 4 rings (SSSR count). The average molecular weight is 378 g/mol. The number of hydrogen-bond acceptors (Lipinski definition) is 3. The highest BCUT2D eigenvalue weighted by molar-refractivity contribution is 14.1. The van der Waals surface area contributed by atoms with Crippen LogP contribution in [0.4, 0.5) is 0 Å². The molecule has 0 fully saturated rings. The molecular formula is C15H11IN2O2. The monoisotopic (exact) mass is 378 g/mol. The van der Waals surface area contributed by atoms with Gasteiger partial charge in [0.05, 0.1) is 5.69 Å². The van der Waals surface area contributed by atoms with Gasteiger partial charge < -0.3 is 13.9 Å². The number of hydrogen-bond donors (Lipinski definition) is 0. The van der Waals surface area contributed by atoms with E-state index in [4.69, 9.17) is 9.47 Å². The smallest absolute Gasteiger partial charge is 0.162 e. The Balaban J connectivity index is 1.82. The van der Waals surface area contributed by atoms with Gasteiger partial charge in [-0.2, -0.15) is 0 Å². The molecule has 0 N–H and O–H groups in total. The molecule has 0 spiro atoms. The lowest BCUT2D eigenvalue weighted by atomic mass is 10.1. The quantitative estimate of drug-likeness (QED) is 0.610. The van der Waals surface area contributed by atoms with E-state index < -0.39 is 0 Å². The Morgan fingerprint density at radius 3 is 2.75 bits per heavy atom. The highest BCUT2D eigenvalue weighted by Gasteiger charge is 2.13. The standard InChI is InChI=1S/C15H11IN2O2/c16-11-2-4-15-17-12(9-18(15)8-11)10-1-3-13-14(7-10)20-6-5-19-13/h1-4,7-9H,5-6H2. The molecule has 1 aliphatic rings. The summed E-state index contributed by atoms with van der Waals surface area (Å²) in [7, 11) is 0. The molecule has 0 saturated heterocycles. The van der Waals surface area contributed by atoms with Gasteiger partial charge in [-0.1, -0.05) is 0 Å². The van der Waals surface area contributed by atoms with Gasteiger partial charge in [0, 0.05) is 21.5 Å². The van der Waals surface area contributed by atoms with Crippen molar-refractivity contribution in [3.05, 3.63) is 46.3 Å². The highest BCUT2D eigenvalue weighted by Crippen LogP contribution is 2.34. The zero-order chi connectivity index (χ0) is 13.5. The van der Waals surface area contributed by atoms with Crippen LogP contribution in [0, 0.1) is 3.57 Å². The number of fused-ring (bicyclic) bond motifs is 2. The number of benzene rings is 1. The first-order chi connectivity index (χ1) is 9.79. The van der Waals surface area contributed by atoms with Gasteiger partial charge in [0.2, 0.25) is 0 Å². The maximum absolute atomic E-state index is 5.62. The van der Waals surface area contributed by atoms with Crippen molar-refractivity contribution < 1.29 is 9.47 Å². The summed E-state index contributed by atoms with van der Waals surface area (Å²) in [6, 6.07) is 10.0. The predicted octanol–water partition coefficient (Wildman–Crippen LogP) is 3.38. The number of pyridine rings is 1. The second-order valence-electron chi connectivity index (χ2n) is 4.60. The molecule has 0 saturated carbocycles. The van der Waals surface area contributed by atoms with E-state index in [1.807, 2.05) is 34.9 Å². The SMILES string of the molecule is Ic1ccc2nc(-c3ccc4c(c3)OCCO4)cn2c1. The lowest BCUT2D eigenvalue weighted by Gasteiger charge is -2.18. The molecule has 0 amide bonds. The van der Waals surface area contributed by atoms with E-state index in [-0.39, 0.29) is 0 Å². The number of imidazole rings is 1. The maximum Gasteiger partial charge on any atom is 0.162 e. The summed E-state index contributed by atoms with van der Waals surface area (Å²) in [6.45, 7) is 1.21. The van der Waals surface area contributed by atoms with E-state index in [1.165, 1.54) is 3.57 Å². The first-order valence-electron chi connectivity index (χ1n) is 6.34. The summed E-state index contributed by atoms with van der Waals surface area (Å²) in [4.78, 5) is 4.64. The van der Waals surface area contributed by atoms with Crippen molar-refractivity contribution in [3.8, 4) is 22.8 Å². The summed E-state index contributed by atoms with van der Waals surface area (Å²) in [6.07, 6.45) is 4.09. The molecule has 3 aromatic rings. The summed E-state index contributed by atoms with van der Waals surface area (Å²) in [5.74, 6) is 1.60. The Kier molecular flexibility index (Phi) is 2.80. The fourth-order valence-corrected chi connectivity index (χ4v) is 2.79. The van der Waals surface area contributed by atoms with Crippen LogP contribution in [0.1, 0.15) is 0 Å². The van der Waals surface area contributed by atoms with Crippen molar-refractivity contribution in [3.63, 3.8) is 0 Å². The third-order valence-corrected chi connectivity index (χ3v) is 3.89. The maximum atomic E-state index is 5.62. The van der Waals surface area contributed by atoms with Crippen molar-refractivity contribution in [2.24, 2.45) is 0 Å². The minimum atomic E-state index is 0.597. The van der Waals surface area contributed by atoms with Crippen LogP contribution in [-0.4, -0.2) is 22.6 Å². The molecule has 0 radical (unpaired) electrons. The second kappa shape index (κ2) is 4.66. The molecule has 1 aliphatic heterocycles. The first kappa shape index (κ1) is 12.0. The Labute approximate surface area is 129 Å². The van der Waals surface area contributed by atoms with Gasteiger partial charge in [-0.25, -0.2) is 4.98 Å². The molecule has 20 heavy (non-hydrogen) atoms. The first-order valence-corrected chi connectivity index (χ1v) is 7.42. The molecule has 1 aromatic carbocycles. The van der Waals surface area contributed by atoms with Crippen LogP contribution in [0.5, 0.6) is 11.5 Å². The van der Waals surface area contributed by atoms with Gasteiger partial charge in [-0.05, 0) is 52.9 Å². The topological polar surface area (TPSA) is 35.8 Å². The van der Waals surface area contributed by atoms with Gasteiger partial charge in [0.25, 0.3) is 0 Å². The Hall–Kier alpha value is -1.76. The summed E-state index contributed by atoms with van der Waals surface area (Å²) >= 11 is 2.29. The molecule has 0 unspecified atom stereocenters. The Bertz CT molecular complexity index is 798. The molecule has 3 heterocycles. The van der Waals surface area contributed by atoms with Crippen LogP contribution < -0.4 is 9.47 Å². The number of aromatic nitrogens is 2. The minimum Gasteiger partial charge on any atom is -0.486 e. The number of rotatable bonds is 1. The number of halogens is 1. The Morgan fingerprint density at radius 2 is 1.85 bits per heavy atom. The van der Waals surface area contributed by atoms with Crippen molar-refractivity contribution in [1.82, 2.24) is 9.38 Å². The van der Waals surface area contributed by atoms with Crippen LogP contribution in [0.15, 0.2) is 42.7 Å². The van der Waals surface area contributed by atoms with Gasteiger partial charge in [-0.15, -0.1) is 0 Å². The summed E-state index contributed by atoms with van der Waals surface area (Å²) in [5, 5.41) is 0. The molecular weight excluding hydrogens is 367 g/mol. The van der Waals surface area contributed by atoms with Crippen LogP contribution in [-0.2, 0) is 0 Å². The van der Waals surface area contributed by atoms with Crippen LogP contribution in [0.2, 0.25) is 0 Å². The lowest BCUT2D eigenvalue weighted by molar-refractivity contribution is 0.171. The van der Waals surface area contributed by atoms with E-state index in [2.05, 4.69) is 39.8 Å². The normalized spacial score (nSPS) is 13.7. The van der Waals surface area contributed by atoms with Crippen molar-refractivity contribution in [2.45, 2.75) is 0 Å². The fourth-order valence-electron chi connectivity index (χ4n) is 2.31. The molecule has 0 aliphatic carbocycles. The van der Waals surface area contributed by atoms with E-state index in [1.54, 1.807) is 0 Å². The van der Waals surface area contributed by atoms with Gasteiger partial charge in [0.1, 0.15) is 18.9 Å². The second-order valence-corrected chi connectivity index (χ2v) is 5.84. The van der Waals surface area contributed by atoms with Crippen molar-refractivity contribution in [2.75, 3.05) is 13.2 Å². The van der Waals surface area contributed by atoms with Crippen LogP contribution >= 0.6 is 22.6 Å². The average Bonchev–Trinajstić information content (AvgIpc) is 2.89. The molecule has 5 heteroatoms. The van der Waals surface area contributed by atoms with Gasteiger partial charge in [-0.3, -0.25) is 0 Å². The largest absolute Gasteiger partial charge is 0.486 e. The minimum absolute atomic E-state index is 0.597. The van der Waals surface area contributed by atoms with Gasteiger partial charge >= 0.3 is 0 Å². The third-order valence-electron chi connectivity index (χ3n) is 3.25. The molecule has 0 atom stereocenters. The van der Waals surface area contributed by atoms with E-state index in [9.17, 15) is 0 Å². The molecule has 100 valence electrons. The summed E-state index contributed by atoms with van der Waals surface area (Å²) < 4.78 is 14.4. The molecule has 0 bridgehead atoms. The van der Waals surface area contributed by atoms with Crippen molar-refractivity contribution >= 4 is 28.2 Å². The number of ether oxygens (including phenoxy) is 2. The third kappa shape index (κ3) is 2.02. The fraction of sp³-hybridized carbons (Fsp3) is 0.133. The number of nitrogens with zero attached hydrogens (tertiary/aromatic N) is 2. The predicted molar refractivity (Wildman–Crippen MR) is 84.3 cm³/mol. The van der Waals surface area contributed by atoms with E-state index in [0.717, 1.165) is 28.4 Å². The van der Waals surface area contributed by atoms with Gasteiger partial charge in [0.15, 0.2) is 11.5 Å². The molecule has 2 aromatic heterocycles. The zero-order valence-electron chi connectivity index (χ0n) is 10.5. The van der Waals surface area contributed by atoms with E-state index >= 15 is 0 Å². The lowest BCUT2D eigenvalue weighted by Crippen LogP contribution is -2.15. The summed E-state index contributed by atoms with van der Waals surface area (Å²) in [5.41, 5.74) is 2.91.